The van der Waals surface area contributed by atoms with Crippen LogP contribution in [0.3, 0.4) is 0 Å². The molecule has 0 aromatic heterocycles. The van der Waals surface area contributed by atoms with Crippen LogP contribution in [0.4, 0.5) is 16.2 Å². The monoisotopic (exact) mass is 509 g/mol. The van der Waals surface area contributed by atoms with Crippen molar-refractivity contribution in [1.29, 1.82) is 0 Å². The van der Waals surface area contributed by atoms with Crippen molar-refractivity contribution in [3.63, 3.8) is 0 Å². The van der Waals surface area contributed by atoms with E-state index in [1.54, 1.807) is 6.07 Å². The van der Waals surface area contributed by atoms with Crippen molar-refractivity contribution in [2.24, 2.45) is 0 Å². The number of nitrogens with one attached hydrogen (secondary N) is 2. The second-order valence-corrected chi connectivity index (χ2v) is 10.2. The molecule has 0 spiro atoms. The molecule has 4 rings (SSSR count). The lowest BCUT2D eigenvalue weighted by atomic mass is 9.76. The van der Waals surface area contributed by atoms with Crippen molar-refractivity contribution in [3.05, 3.63) is 53.6 Å². The lowest BCUT2D eigenvalue weighted by Crippen LogP contribution is -2.50. The summed E-state index contributed by atoms with van der Waals surface area (Å²) in [5.41, 5.74) is 3.46. The van der Waals surface area contributed by atoms with Crippen LogP contribution < -0.4 is 20.3 Å². The molecular formula is C28H39N5O4. The summed E-state index contributed by atoms with van der Waals surface area (Å²) in [6.07, 6.45) is -0.487. The summed E-state index contributed by atoms with van der Waals surface area (Å²) in [6.45, 7) is 10.6. The number of likely N-dealkylation sites (N-methyl/N-ethyl adjacent to an activating group) is 1. The van der Waals surface area contributed by atoms with Crippen LogP contribution in [0, 0.1) is 0 Å². The molecule has 9 nitrogen and oxygen atoms in total. The van der Waals surface area contributed by atoms with E-state index in [0.29, 0.717) is 37.7 Å². The van der Waals surface area contributed by atoms with Gasteiger partial charge >= 0.3 is 6.09 Å². The van der Waals surface area contributed by atoms with Gasteiger partial charge in [-0.1, -0.05) is 25.1 Å². The maximum absolute atomic E-state index is 12.7. The molecule has 0 saturated carbocycles. The van der Waals surface area contributed by atoms with E-state index in [4.69, 9.17) is 9.47 Å². The highest BCUT2D eigenvalue weighted by atomic mass is 16.5. The fraction of sp³-hybridized carbons (Fsp3) is 0.500. The highest BCUT2D eigenvalue weighted by Gasteiger charge is 2.36. The first-order chi connectivity index (χ1) is 17.8. The average Bonchev–Trinajstić information content (AvgIpc) is 2.88. The van der Waals surface area contributed by atoms with Gasteiger partial charge in [0.15, 0.2) is 0 Å². The number of rotatable bonds is 9. The van der Waals surface area contributed by atoms with Gasteiger partial charge in [0.2, 0.25) is 0 Å². The third kappa shape index (κ3) is 6.53. The molecule has 1 atom stereocenters. The Balaban J connectivity index is 1.27. The van der Waals surface area contributed by atoms with Crippen LogP contribution in [-0.4, -0.2) is 94.9 Å². The third-order valence-electron chi connectivity index (χ3n) is 7.00. The van der Waals surface area contributed by atoms with Gasteiger partial charge in [0.25, 0.3) is 5.91 Å². The van der Waals surface area contributed by atoms with E-state index >= 15 is 0 Å². The van der Waals surface area contributed by atoms with Gasteiger partial charge in [-0.2, -0.15) is 0 Å². The van der Waals surface area contributed by atoms with E-state index < -0.39 is 6.09 Å². The molecule has 2 aromatic carbocycles. The van der Waals surface area contributed by atoms with Gasteiger partial charge in [0.1, 0.15) is 12.4 Å². The molecule has 1 saturated heterocycles. The number of para-hydroxylation sites is 2. The minimum absolute atomic E-state index is 0.00558. The Morgan fingerprint density at radius 3 is 2.62 bits per heavy atom. The second-order valence-electron chi connectivity index (χ2n) is 10.2. The number of piperazine rings is 1. The molecule has 0 bridgehead atoms. The van der Waals surface area contributed by atoms with Gasteiger partial charge in [-0.25, -0.2) is 4.79 Å². The quantitative estimate of drug-likeness (QED) is 0.537. The summed E-state index contributed by atoms with van der Waals surface area (Å²) in [7, 11) is 4.13. The van der Waals surface area contributed by atoms with E-state index in [1.165, 1.54) is 0 Å². The molecule has 2 amide bonds. The molecule has 2 heterocycles. The first-order valence-electron chi connectivity index (χ1n) is 13.0. The second kappa shape index (κ2) is 11.8. The van der Waals surface area contributed by atoms with Crippen LogP contribution in [-0.2, 0) is 10.2 Å². The zero-order chi connectivity index (χ0) is 26.4. The van der Waals surface area contributed by atoms with Crippen molar-refractivity contribution in [1.82, 2.24) is 15.1 Å². The van der Waals surface area contributed by atoms with Crippen LogP contribution in [0.1, 0.15) is 29.8 Å². The third-order valence-corrected chi connectivity index (χ3v) is 7.00. The summed E-state index contributed by atoms with van der Waals surface area (Å²) in [4.78, 5) is 31.7. The maximum atomic E-state index is 12.7. The van der Waals surface area contributed by atoms with Crippen LogP contribution >= 0.6 is 0 Å². The highest BCUT2D eigenvalue weighted by molar-refractivity contribution is 5.98. The first kappa shape index (κ1) is 26.8. The largest absolute Gasteiger partial charge is 0.492 e. The predicted octanol–water partition coefficient (Wildman–Crippen LogP) is 3.02. The van der Waals surface area contributed by atoms with Gasteiger partial charge in [-0.3, -0.25) is 15.0 Å². The van der Waals surface area contributed by atoms with Crippen LogP contribution in [0.5, 0.6) is 5.75 Å². The lowest BCUT2D eigenvalue weighted by Gasteiger charge is -2.39. The molecule has 200 valence electrons. The zero-order valence-electron chi connectivity index (χ0n) is 22.4. The Labute approximate surface area is 219 Å². The van der Waals surface area contributed by atoms with Gasteiger partial charge in [-0.15, -0.1) is 0 Å². The molecular weight excluding hydrogens is 470 g/mol. The Morgan fingerprint density at radius 2 is 1.89 bits per heavy atom. The Kier molecular flexibility index (Phi) is 8.56. The molecule has 1 fully saturated rings. The summed E-state index contributed by atoms with van der Waals surface area (Å²) in [6, 6.07) is 13.6. The van der Waals surface area contributed by atoms with Crippen molar-refractivity contribution < 1.29 is 19.1 Å². The number of ether oxygens (including phenoxy) is 2. The van der Waals surface area contributed by atoms with Crippen LogP contribution in [0.2, 0.25) is 0 Å². The zero-order valence-corrected chi connectivity index (χ0v) is 22.4. The molecule has 2 aromatic rings. The Morgan fingerprint density at radius 1 is 1.14 bits per heavy atom. The molecule has 2 N–H and O–H groups in total. The molecule has 0 radical (unpaired) electrons. The molecule has 2 aliphatic rings. The van der Waals surface area contributed by atoms with E-state index in [2.05, 4.69) is 58.5 Å². The van der Waals surface area contributed by atoms with Crippen LogP contribution in [0.15, 0.2) is 42.5 Å². The molecule has 37 heavy (non-hydrogen) atoms. The van der Waals surface area contributed by atoms with Gasteiger partial charge < -0.3 is 24.6 Å². The summed E-state index contributed by atoms with van der Waals surface area (Å²) in [5.74, 6) is 0.631. The molecule has 9 heteroatoms. The highest BCUT2D eigenvalue weighted by Crippen LogP contribution is 2.33. The Bertz CT molecular complexity index is 1100. The maximum Gasteiger partial charge on any atom is 0.411 e. The van der Waals surface area contributed by atoms with E-state index in [1.807, 2.05) is 31.2 Å². The number of nitrogens with zero attached hydrogens (tertiary/aromatic N) is 3. The minimum Gasteiger partial charge on any atom is -0.492 e. The van der Waals surface area contributed by atoms with Crippen LogP contribution in [0.25, 0.3) is 0 Å². The summed E-state index contributed by atoms with van der Waals surface area (Å²) in [5, 5.41) is 5.84. The minimum atomic E-state index is -0.487. The topological polar surface area (TPSA) is 86.4 Å². The van der Waals surface area contributed by atoms with E-state index in [9.17, 15) is 9.59 Å². The number of fused-ring (bicyclic) bond motifs is 1. The number of hydrogen-bond acceptors (Lipinski definition) is 7. The first-order valence-corrected chi connectivity index (χ1v) is 13.0. The van der Waals surface area contributed by atoms with E-state index in [0.717, 1.165) is 49.5 Å². The number of hydrogen-bond donors (Lipinski definition) is 2. The number of anilines is 2. The van der Waals surface area contributed by atoms with Gasteiger partial charge in [-0.05, 0) is 50.8 Å². The fourth-order valence-electron chi connectivity index (χ4n) is 5.24. The summed E-state index contributed by atoms with van der Waals surface area (Å²) < 4.78 is 10.9. The predicted molar refractivity (Wildman–Crippen MR) is 146 cm³/mol. The number of benzene rings is 2. The normalized spacial score (nSPS) is 19.8. The lowest BCUT2D eigenvalue weighted by molar-refractivity contribution is 0.0920. The molecule has 1 unspecified atom stereocenters. The van der Waals surface area contributed by atoms with Crippen molar-refractivity contribution >= 4 is 23.4 Å². The molecule has 2 aliphatic heterocycles. The smallest absolute Gasteiger partial charge is 0.411 e. The number of carbonyl (C=O) groups excluding carboxylic acids is 2. The van der Waals surface area contributed by atoms with Gasteiger partial charge in [0, 0.05) is 62.5 Å². The number of carbonyl (C=O) groups is 2. The fourth-order valence-corrected chi connectivity index (χ4v) is 5.24. The van der Waals surface area contributed by atoms with Gasteiger partial charge in [0.05, 0.1) is 12.3 Å². The Hall–Kier alpha value is -3.30. The SMILES string of the molecule is CCOc1ccccc1NC(=O)OCCN1CCN(c2ccc3c(c2)C(=O)NCC3(C)CN(C)C)CC1. The van der Waals surface area contributed by atoms with Crippen molar-refractivity contribution in [2.75, 3.05) is 83.3 Å². The number of amides is 2. The van der Waals surface area contributed by atoms with Crippen molar-refractivity contribution in [3.8, 4) is 5.75 Å². The van der Waals surface area contributed by atoms with E-state index in [-0.39, 0.29) is 11.3 Å². The summed E-state index contributed by atoms with van der Waals surface area (Å²) >= 11 is 0. The average molecular weight is 510 g/mol. The van der Waals surface area contributed by atoms with Crippen molar-refractivity contribution in [2.45, 2.75) is 19.3 Å². The molecule has 0 aliphatic carbocycles. The standard InChI is InChI=1S/C28H39N5O4/c1-5-36-25-9-7-6-8-24(25)30-27(35)37-17-16-32-12-14-33(15-13-32)21-10-11-23-22(18-21)26(34)29-19-28(23,2)20-31(3)4/h6-11,18H,5,12-17,19-20H2,1-4H3,(H,29,34)(H,30,35).